The van der Waals surface area contributed by atoms with Gasteiger partial charge in [0.15, 0.2) is 0 Å². The van der Waals surface area contributed by atoms with Crippen LogP contribution in [0.4, 0.5) is 5.69 Å². The zero-order valence-electron chi connectivity index (χ0n) is 17.0. The molecule has 0 aliphatic carbocycles. The van der Waals surface area contributed by atoms with Gasteiger partial charge in [-0.1, -0.05) is 25.1 Å². The molecular weight excluding hydrogens is 408 g/mol. The summed E-state index contributed by atoms with van der Waals surface area (Å²) in [4.78, 5) is 13.9. The second kappa shape index (κ2) is 11.1. The lowest BCUT2D eigenvalue weighted by Crippen LogP contribution is -2.49. The first-order valence-corrected chi connectivity index (χ1v) is 12.4. The van der Waals surface area contributed by atoms with Crippen molar-refractivity contribution in [1.29, 1.82) is 0 Å². The van der Waals surface area contributed by atoms with E-state index >= 15 is 0 Å². The summed E-state index contributed by atoms with van der Waals surface area (Å²) in [5.74, 6) is 1.05. The number of anilines is 1. The number of benzene rings is 2. The Labute approximate surface area is 177 Å². The van der Waals surface area contributed by atoms with Gasteiger partial charge in [0.1, 0.15) is 11.8 Å². The normalized spacial score (nSPS) is 12.2. The molecule has 2 aromatic carbocycles. The van der Waals surface area contributed by atoms with Crippen molar-refractivity contribution in [3.05, 3.63) is 54.6 Å². The van der Waals surface area contributed by atoms with Crippen LogP contribution in [0.3, 0.4) is 0 Å². The predicted octanol–water partition coefficient (Wildman–Crippen LogP) is 3.54. The molecule has 0 saturated carbocycles. The van der Waals surface area contributed by atoms with Crippen molar-refractivity contribution in [3.8, 4) is 5.75 Å². The van der Waals surface area contributed by atoms with Crippen LogP contribution in [-0.4, -0.2) is 45.5 Å². The third-order valence-corrected chi connectivity index (χ3v) is 6.34. The molecule has 0 spiro atoms. The molecule has 0 aliphatic heterocycles. The molecule has 2 aromatic rings. The lowest BCUT2D eigenvalue weighted by molar-refractivity contribution is -0.122. The Balaban J connectivity index is 2.06. The minimum atomic E-state index is -3.65. The van der Waals surface area contributed by atoms with Crippen molar-refractivity contribution in [2.45, 2.75) is 31.2 Å². The molecule has 6 nitrogen and oxygen atoms in total. The van der Waals surface area contributed by atoms with Crippen LogP contribution >= 0.6 is 11.8 Å². The van der Waals surface area contributed by atoms with Crippen LogP contribution in [-0.2, 0) is 14.8 Å². The maximum Gasteiger partial charge on any atom is 0.243 e. The van der Waals surface area contributed by atoms with Gasteiger partial charge in [-0.3, -0.25) is 9.10 Å². The Kier molecular flexibility index (Phi) is 8.85. The van der Waals surface area contributed by atoms with E-state index in [-0.39, 0.29) is 5.91 Å². The standard InChI is InChI=1S/C21H28N2O4S2/c1-4-20(21(24)22-15-16-28-19-9-7-6-8-10-19)23(29(3,25)26)17-11-13-18(14-12-17)27-5-2/h6-14,20H,4-5,15-16H2,1-3H3,(H,22,24)/t20-/m0/s1. The average molecular weight is 437 g/mol. The molecule has 0 saturated heterocycles. The summed E-state index contributed by atoms with van der Waals surface area (Å²) >= 11 is 1.64. The molecule has 2 rings (SSSR count). The van der Waals surface area contributed by atoms with E-state index < -0.39 is 16.1 Å². The van der Waals surface area contributed by atoms with Gasteiger partial charge in [-0.05, 0) is 49.7 Å². The second-order valence-corrected chi connectivity index (χ2v) is 9.39. The number of thioether (sulfide) groups is 1. The van der Waals surface area contributed by atoms with E-state index in [4.69, 9.17) is 4.74 Å². The highest BCUT2D eigenvalue weighted by molar-refractivity contribution is 7.99. The zero-order valence-corrected chi connectivity index (χ0v) is 18.6. The van der Waals surface area contributed by atoms with E-state index in [0.717, 1.165) is 11.2 Å². The van der Waals surface area contributed by atoms with Crippen LogP contribution in [0, 0.1) is 0 Å². The summed E-state index contributed by atoms with van der Waals surface area (Å²) in [5.41, 5.74) is 0.441. The summed E-state index contributed by atoms with van der Waals surface area (Å²) in [6, 6.07) is 15.8. The van der Waals surface area contributed by atoms with E-state index in [1.807, 2.05) is 37.3 Å². The smallest absolute Gasteiger partial charge is 0.243 e. The number of hydrogen-bond donors (Lipinski definition) is 1. The van der Waals surface area contributed by atoms with E-state index in [1.54, 1.807) is 43.0 Å². The van der Waals surface area contributed by atoms with Gasteiger partial charge in [0.05, 0.1) is 18.6 Å². The number of sulfonamides is 1. The third kappa shape index (κ3) is 6.97. The van der Waals surface area contributed by atoms with Crippen molar-refractivity contribution in [3.63, 3.8) is 0 Å². The van der Waals surface area contributed by atoms with Gasteiger partial charge in [-0.15, -0.1) is 11.8 Å². The van der Waals surface area contributed by atoms with Crippen LogP contribution in [0.2, 0.25) is 0 Å². The Hall–Kier alpha value is -2.19. The van der Waals surface area contributed by atoms with Crippen molar-refractivity contribution in [1.82, 2.24) is 5.32 Å². The van der Waals surface area contributed by atoms with Crippen LogP contribution < -0.4 is 14.4 Å². The predicted molar refractivity (Wildman–Crippen MR) is 119 cm³/mol. The molecule has 8 heteroatoms. The molecule has 158 valence electrons. The Morgan fingerprint density at radius 1 is 1.10 bits per heavy atom. The number of carbonyl (C=O) groups is 1. The van der Waals surface area contributed by atoms with Crippen molar-refractivity contribution in [2.24, 2.45) is 0 Å². The SMILES string of the molecule is CCOc1ccc(N([C@@H](CC)C(=O)NCCSc2ccccc2)S(C)(=O)=O)cc1. The number of carbonyl (C=O) groups excluding carboxylic acids is 1. The molecule has 0 aromatic heterocycles. The van der Waals surface area contributed by atoms with Crippen molar-refractivity contribution in [2.75, 3.05) is 29.5 Å². The van der Waals surface area contributed by atoms with E-state index in [9.17, 15) is 13.2 Å². The quantitative estimate of drug-likeness (QED) is 0.431. The first-order valence-electron chi connectivity index (χ1n) is 9.54. The van der Waals surface area contributed by atoms with Gasteiger partial charge >= 0.3 is 0 Å². The highest BCUT2D eigenvalue weighted by Crippen LogP contribution is 2.25. The lowest BCUT2D eigenvalue weighted by atomic mass is 10.2. The van der Waals surface area contributed by atoms with Gasteiger partial charge in [0.2, 0.25) is 15.9 Å². The van der Waals surface area contributed by atoms with Gasteiger partial charge in [0.25, 0.3) is 0 Å². The van der Waals surface area contributed by atoms with E-state index in [0.29, 0.717) is 36.8 Å². The first-order chi connectivity index (χ1) is 13.9. The molecular formula is C21H28N2O4S2. The summed E-state index contributed by atoms with van der Waals surface area (Å²) in [7, 11) is -3.65. The van der Waals surface area contributed by atoms with Crippen LogP contribution in [0.1, 0.15) is 20.3 Å². The lowest BCUT2D eigenvalue weighted by Gasteiger charge is -2.30. The molecule has 0 aliphatic rings. The molecule has 0 radical (unpaired) electrons. The third-order valence-electron chi connectivity index (χ3n) is 4.15. The molecule has 1 amide bonds. The summed E-state index contributed by atoms with van der Waals surface area (Å²) < 4.78 is 31.5. The molecule has 1 N–H and O–H groups in total. The zero-order chi connectivity index (χ0) is 21.3. The highest BCUT2D eigenvalue weighted by atomic mass is 32.2. The fraction of sp³-hybridized carbons (Fsp3) is 0.381. The molecule has 0 heterocycles. The van der Waals surface area contributed by atoms with Crippen LogP contribution in [0.25, 0.3) is 0 Å². The number of nitrogens with zero attached hydrogens (tertiary/aromatic N) is 1. The van der Waals surface area contributed by atoms with Gasteiger partial charge < -0.3 is 10.1 Å². The molecule has 0 unspecified atom stereocenters. The van der Waals surface area contributed by atoms with E-state index in [2.05, 4.69) is 5.32 Å². The van der Waals surface area contributed by atoms with Crippen molar-refractivity contribution >= 4 is 33.4 Å². The number of amides is 1. The number of hydrogen-bond acceptors (Lipinski definition) is 5. The maximum atomic E-state index is 12.8. The maximum absolute atomic E-state index is 12.8. The largest absolute Gasteiger partial charge is 0.494 e. The molecule has 0 fully saturated rings. The van der Waals surface area contributed by atoms with Gasteiger partial charge in [-0.2, -0.15) is 0 Å². The summed E-state index contributed by atoms with van der Waals surface area (Å²) in [6.45, 7) is 4.66. The summed E-state index contributed by atoms with van der Waals surface area (Å²) in [5, 5.41) is 2.87. The Bertz CT molecular complexity index is 871. The number of nitrogens with one attached hydrogen (secondary N) is 1. The molecule has 1 atom stereocenters. The minimum Gasteiger partial charge on any atom is -0.494 e. The fourth-order valence-corrected chi connectivity index (χ4v) is 4.90. The topological polar surface area (TPSA) is 75.7 Å². The second-order valence-electron chi connectivity index (χ2n) is 6.36. The Morgan fingerprint density at radius 3 is 2.31 bits per heavy atom. The Morgan fingerprint density at radius 2 is 1.76 bits per heavy atom. The number of rotatable bonds is 11. The highest BCUT2D eigenvalue weighted by Gasteiger charge is 2.31. The van der Waals surface area contributed by atoms with E-state index in [1.165, 1.54) is 4.31 Å². The minimum absolute atomic E-state index is 0.305. The van der Waals surface area contributed by atoms with Gasteiger partial charge in [0, 0.05) is 17.2 Å². The van der Waals surface area contributed by atoms with Gasteiger partial charge in [-0.25, -0.2) is 8.42 Å². The van der Waals surface area contributed by atoms with Crippen LogP contribution in [0.5, 0.6) is 5.75 Å². The first kappa shape index (κ1) is 23.1. The molecule has 0 bridgehead atoms. The monoisotopic (exact) mass is 436 g/mol. The fourth-order valence-electron chi connectivity index (χ4n) is 2.89. The van der Waals surface area contributed by atoms with Crippen LogP contribution in [0.15, 0.2) is 59.5 Å². The number of ether oxygens (including phenoxy) is 1. The van der Waals surface area contributed by atoms with Crippen molar-refractivity contribution < 1.29 is 17.9 Å². The molecule has 29 heavy (non-hydrogen) atoms. The summed E-state index contributed by atoms with van der Waals surface area (Å²) in [6.07, 6.45) is 1.47. The average Bonchev–Trinajstić information content (AvgIpc) is 2.70.